The number of aromatic nitrogens is 4. The maximum absolute atomic E-state index is 12.5. The number of nitrogens with two attached hydrogens (primary N) is 1. The fourth-order valence-corrected chi connectivity index (χ4v) is 3.01. The molecule has 4 rings (SSSR count). The molecule has 0 aliphatic rings. The van der Waals surface area contributed by atoms with Gasteiger partial charge < -0.3 is 20.1 Å². The summed E-state index contributed by atoms with van der Waals surface area (Å²) < 4.78 is 11.7. The van der Waals surface area contributed by atoms with Gasteiger partial charge in [-0.15, -0.1) is 0 Å². The van der Waals surface area contributed by atoms with E-state index in [1.54, 1.807) is 16.7 Å². The summed E-state index contributed by atoms with van der Waals surface area (Å²) in [6.45, 7) is 2.15. The maximum atomic E-state index is 12.5. The fraction of sp³-hybridized carbons (Fsp3) is 0.150. The van der Waals surface area contributed by atoms with Gasteiger partial charge in [-0.1, -0.05) is 12.1 Å². The Labute approximate surface area is 176 Å². The first-order chi connectivity index (χ1) is 15.1. The number of hydrazone groups is 1. The number of nitrogens with one attached hydrogen (secondary N) is 1. The number of ether oxygens (including phenoxy) is 1. The molecule has 0 spiro atoms. The molecule has 2 aromatic carbocycles. The van der Waals surface area contributed by atoms with E-state index in [2.05, 4.69) is 30.5 Å². The van der Waals surface area contributed by atoms with E-state index in [0.29, 0.717) is 29.3 Å². The van der Waals surface area contributed by atoms with E-state index in [0.717, 1.165) is 5.52 Å². The van der Waals surface area contributed by atoms with Crippen molar-refractivity contribution in [2.24, 2.45) is 5.10 Å². The molecule has 4 N–H and O–H groups in total. The van der Waals surface area contributed by atoms with Gasteiger partial charge in [0.05, 0.1) is 23.9 Å². The molecule has 11 heteroatoms. The Morgan fingerprint density at radius 2 is 2.16 bits per heavy atom. The van der Waals surface area contributed by atoms with Crippen LogP contribution in [0.5, 0.6) is 11.5 Å². The molecule has 4 aromatic rings. The normalized spacial score (nSPS) is 11.3. The van der Waals surface area contributed by atoms with Gasteiger partial charge in [-0.3, -0.25) is 4.79 Å². The molecule has 1 amide bonds. The van der Waals surface area contributed by atoms with Crippen molar-refractivity contribution < 1.29 is 19.3 Å². The van der Waals surface area contributed by atoms with E-state index in [4.69, 9.17) is 10.5 Å². The Morgan fingerprint density at radius 3 is 2.94 bits per heavy atom. The van der Waals surface area contributed by atoms with Gasteiger partial charge in [-0.25, -0.2) is 15.0 Å². The summed E-state index contributed by atoms with van der Waals surface area (Å²) in [5.74, 6) is 0.418. The van der Waals surface area contributed by atoms with Crippen LogP contribution in [0.1, 0.15) is 12.5 Å². The Kier molecular flexibility index (Phi) is 5.47. The zero-order valence-corrected chi connectivity index (χ0v) is 16.5. The summed E-state index contributed by atoms with van der Waals surface area (Å²) in [5, 5.41) is 21.1. The van der Waals surface area contributed by atoms with Crippen LogP contribution in [0.25, 0.3) is 22.6 Å². The minimum Gasteiger partial charge on any atom is -0.504 e. The standard InChI is InChI=1S/C20H19N7O4/c1-2-30-16-9-12(7-8-15(16)28)10-22-24-17(29)11-27-14-6-4-3-5-13(14)23-20(27)18-19(21)26-31-25-18/h3-10,28H,2,11H2,1H3,(H2,21,26)(H,24,29)/b22-10+. The number of benzene rings is 2. The molecule has 0 radical (unpaired) electrons. The van der Waals surface area contributed by atoms with Gasteiger partial charge in [-0.05, 0) is 53.1 Å². The lowest BCUT2D eigenvalue weighted by atomic mass is 10.2. The van der Waals surface area contributed by atoms with Crippen LogP contribution in [0, 0.1) is 0 Å². The average Bonchev–Trinajstić information content (AvgIpc) is 3.34. The average molecular weight is 421 g/mol. The predicted octanol–water partition coefficient (Wildman–Crippen LogP) is 1.92. The van der Waals surface area contributed by atoms with Gasteiger partial charge in [0.2, 0.25) is 0 Å². The number of carbonyl (C=O) groups is 1. The molecule has 0 saturated heterocycles. The number of anilines is 1. The summed E-state index contributed by atoms with van der Waals surface area (Å²) in [5.41, 5.74) is 10.6. The number of nitrogens with zero attached hydrogens (tertiary/aromatic N) is 5. The van der Waals surface area contributed by atoms with Crippen LogP contribution < -0.4 is 15.9 Å². The summed E-state index contributed by atoms with van der Waals surface area (Å²) in [4.78, 5) is 17.0. The van der Waals surface area contributed by atoms with Crippen LogP contribution in [0.2, 0.25) is 0 Å². The molecule has 0 atom stereocenters. The molecule has 2 heterocycles. The van der Waals surface area contributed by atoms with Crippen LogP contribution in [-0.4, -0.2) is 43.7 Å². The van der Waals surface area contributed by atoms with Crippen LogP contribution in [0.3, 0.4) is 0 Å². The highest BCUT2D eigenvalue weighted by Gasteiger charge is 2.20. The van der Waals surface area contributed by atoms with Crippen LogP contribution in [0.15, 0.2) is 52.2 Å². The number of phenolic OH excluding ortho intramolecular Hbond substituents is 1. The second-order valence-electron chi connectivity index (χ2n) is 6.46. The number of nitrogen functional groups attached to an aromatic ring is 1. The van der Waals surface area contributed by atoms with Crippen molar-refractivity contribution in [1.29, 1.82) is 0 Å². The smallest absolute Gasteiger partial charge is 0.260 e. The second kappa shape index (κ2) is 8.53. The number of aromatic hydroxyl groups is 1. The van der Waals surface area contributed by atoms with Crippen molar-refractivity contribution >= 4 is 29.0 Å². The molecule has 0 aliphatic heterocycles. The van der Waals surface area contributed by atoms with Crippen LogP contribution in [0.4, 0.5) is 5.82 Å². The molecule has 0 aliphatic carbocycles. The first-order valence-electron chi connectivity index (χ1n) is 9.38. The Bertz CT molecular complexity index is 1260. The maximum Gasteiger partial charge on any atom is 0.260 e. The van der Waals surface area contributed by atoms with Gasteiger partial charge in [-0.2, -0.15) is 5.10 Å². The third-order valence-electron chi connectivity index (χ3n) is 4.37. The third kappa shape index (κ3) is 4.15. The molecule has 11 nitrogen and oxygen atoms in total. The highest BCUT2D eigenvalue weighted by molar-refractivity contribution is 5.86. The monoisotopic (exact) mass is 421 g/mol. The van der Waals surface area contributed by atoms with Gasteiger partial charge in [0.25, 0.3) is 5.91 Å². The zero-order chi connectivity index (χ0) is 21.8. The zero-order valence-electron chi connectivity index (χ0n) is 16.5. The van der Waals surface area contributed by atoms with Crippen molar-refractivity contribution in [3.8, 4) is 23.0 Å². The first kappa shape index (κ1) is 19.9. The van der Waals surface area contributed by atoms with Gasteiger partial charge in [0.1, 0.15) is 6.54 Å². The van der Waals surface area contributed by atoms with E-state index in [1.165, 1.54) is 12.3 Å². The summed E-state index contributed by atoms with van der Waals surface area (Å²) in [6.07, 6.45) is 1.45. The molecule has 31 heavy (non-hydrogen) atoms. The van der Waals surface area contributed by atoms with Gasteiger partial charge in [0, 0.05) is 0 Å². The minimum atomic E-state index is -0.389. The quantitative estimate of drug-likeness (QED) is 0.302. The van der Waals surface area contributed by atoms with Crippen molar-refractivity contribution in [2.45, 2.75) is 13.5 Å². The molecule has 2 aromatic heterocycles. The van der Waals surface area contributed by atoms with Gasteiger partial charge in [0.15, 0.2) is 28.8 Å². The Balaban J connectivity index is 1.53. The van der Waals surface area contributed by atoms with Crippen molar-refractivity contribution in [2.75, 3.05) is 12.3 Å². The third-order valence-corrected chi connectivity index (χ3v) is 4.37. The summed E-state index contributed by atoms with van der Waals surface area (Å²) in [6, 6.07) is 12.1. The lowest BCUT2D eigenvalue weighted by Crippen LogP contribution is -2.23. The lowest BCUT2D eigenvalue weighted by molar-refractivity contribution is -0.121. The minimum absolute atomic E-state index is 0.0316. The topological polar surface area (TPSA) is 154 Å². The Morgan fingerprint density at radius 1 is 1.32 bits per heavy atom. The van der Waals surface area contributed by atoms with Crippen LogP contribution in [-0.2, 0) is 11.3 Å². The first-order valence-corrected chi connectivity index (χ1v) is 9.38. The van der Waals surface area contributed by atoms with E-state index in [1.807, 2.05) is 31.2 Å². The largest absolute Gasteiger partial charge is 0.504 e. The van der Waals surface area contributed by atoms with Crippen molar-refractivity contribution in [1.82, 2.24) is 25.3 Å². The number of hydrogen-bond donors (Lipinski definition) is 3. The number of carbonyl (C=O) groups excluding carboxylic acids is 1. The van der Waals surface area contributed by atoms with Crippen molar-refractivity contribution in [3.63, 3.8) is 0 Å². The highest BCUT2D eigenvalue weighted by Crippen LogP contribution is 2.27. The number of phenols is 1. The molecular formula is C20H19N7O4. The fourth-order valence-electron chi connectivity index (χ4n) is 3.01. The molecule has 0 bridgehead atoms. The highest BCUT2D eigenvalue weighted by atomic mass is 16.6. The second-order valence-corrected chi connectivity index (χ2v) is 6.46. The number of imidazole rings is 1. The number of amides is 1. The molecule has 0 unspecified atom stereocenters. The summed E-state index contributed by atoms with van der Waals surface area (Å²) in [7, 11) is 0. The lowest BCUT2D eigenvalue weighted by Gasteiger charge is -2.07. The number of para-hydroxylation sites is 2. The van der Waals surface area contributed by atoms with E-state index < -0.39 is 0 Å². The molecule has 0 fully saturated rings. The summed E-state index contributed by atoms with van der Waals surface area (Å²) >= 11 is 0. The van der Waals surface area contributed by atoms with Crippen LogP contribution >= 0.6 is 0 Å². The molecular weight excluding hydrogens is 402 g/mol. The number of hydrogen-bond acceptors (Lipinski definition) is 9. The Hall–Kier alpha value is -4.41. The van der Waals surface area contributed by atoms with Crippen molar-refractivity contribution in [3.05, 3.63) is 48.0 Å². The number of rotatable bonds is 7. The number of fused-ring (bicyclic) bond motifs is 1. The molecule has 0 saturated carbocycles. The predicted molar refractivity (Wildman–Crippen MR) is 112 cm³/mol. The van der Waals surface area contributed by atoms with E-state index >= 15 is 0 Å². The molecule has 158 valence electrons. The van der Waals surface area contributed by atoms with Gasteiger partial charge >= 0.3 is 0 Å². The SMILES string of the molecule is CCOc1cc(/C=N/NC(=O)Cn2c(-c3nonc3N)nc3ccccc32)ccc1O. The van der Waals surface area contributed by atoms with E-state index in [-0.39, 0.29) is 29.7 Å². The van der Waals surface area contributed by atoms with E-state index in [9.17, 15) is 9.90 Å².